The predicted molar refractivity (Wildman–Crippen MR) is 230 cm³/mol. The summed E-state index contributed by atoms with van der Waals surface area (Å²) in [6.45, 7) is 13.6. The zero-order valence-corrected chi connectivity index (χ0v) is 35.7. The first kappa shape index (κ1) is 52.7. The van der Waals surface area contributed by atoms with Gasteiger partial charge in [-0.15, -0.1) is 32.1 Å². The van der Waals surface area contributed by atoms with E-state index in [0.717, 1.165) is 35.4 Å². The second-order valence-corrected chi connectivity index (χ2v) is 22.2. The van der Waals surface area contributed by atoms with Crippen LogP contribution in [0.4, 0.5) is 45.8 Å². The van der Waals surface area contributed by atoms with E-state index in [1.807, 2.05) is 30.2 Å². The maximum Gasteiger partial charge on any atom is 0.416 e. The lowest BCUT2D eigenvalue weighted by atomic mass is 9.87. The largest absolute Gasteiger partial charge is 0.416 e. The van der Waals surface area contributed by atoms with E-state index in [1.165, 1.54) is 22.9 Å². The van der Waals surface area contributed by atoms with Gasteiger partial charge in [-0.05, 0) is 83.8 Å². The van der Waals surface area contributed by atoms with Crippen LogP contribution >= 0.6 is 10.2 Å². The zero-order valence-electron chi connectivity index (χ0n) is 33.8. The number of benzene rings is 5. The van der Waals surface area contributed by atoms with Gasteiger partial charge in [0.1, 0.15) is 22.3 Å². The van der Waals surface area contributed by atoms with Gasteiger partial charge in [-0.1, -0.05) is 119 Å². The lowest BCUT2D eigenvalue weighted by molar-refractivity contribution is -0.137. The topological polar surface area (TPSA) is 0 Å². The molecule has 0 saturated heterocycles. The highest BCUT2D eigenvalue weighted by Crippen LogP contribution is 3.02. The van der Waals surface area contributed by atoms with Crippen LogP contribution in [0.25, 0.3) is 0 Å². The first-order chi connectivity index (χ1) is 27.8. The van der Waals surface area contributed by atoms with Gasteiger partial charge < -0.3 is 0 Å². The Labute approximate surface area is 352 Å². The quantitative estimate of drug-likeness (QED) is 0.0941. The standard InChI is InChI=1S/C12H14.C11H14Si.C9H5F3.C8H5F5S.C8H3F3/c2*1-5-10-6-8-11(9-7-10)12(2,3)4;1-2-7-3-5-8(6-4-7)9(10,11)12;1-2-7-3-5-8(6-4-7)14(9,10,11,12)13;1-2-6-7(10)3-5(9)4-8(6)11/h2*1,6-9H,2-4H3;1,3-6H;1,3-6H;1,3-4H. The van der Waals surface area contributed by atoms with E-state index in [2.05, 4.69) is 82.4 Å². The summed E-state index contributed by atoms with van der Waals surface area (Å²) in [5.74, 6) is 8.20. The summed E-state index contributed by atoms with van der Waals surface area (Å²) in [5.41, 5.74) is 2.81. The van der Waals surface area contributed by atoms with Crippen LogP contribution in [0.1, 0.15) is 59.7 Å². The molecule has 0 atom stereocenters. The van der Waals surface area contributed by atoms with E-state index >= 15 is 0 Å². The van der Waals surface area contributed by atoms with E-state index in [1.54, 1.807) is 5.92 Å². The fourth-order valence-electron chi connectivity index (χ4n) is 4.38. The summed E-state index contributed by atoms with van der Waals surface area (Å²) in [5, 5.41) is 1.46. The van der Waals surface area contributed by atoms with Crippen molar-refractivity contribution in [1.29, 1.82) is 0 Å². The summed E-state index contributed by atoms with van der Waals surface area (Å²) in [6, 6.07) is 24.3. The van der Waals surface area contributed by atoms with E-state index in [-0.39, 0.29) is 23.1 Å². The molecule has 0 aliphatic rings. The minimum Gasteiger partial charge on any atom is -0.207 e. The monoisotopic (exact) mass is 886 g/mol. The Morgan fingerprint density at radius 1 is 0.475 bits per heavy atom. The van der Waals surface area contributed by atoms with Crippen LogP contribution in [-0.2, 0) is 11.6 Å². The van der Waals surface area contributed by atoms with Crippen LogP contribution in [0.2, 0.25) is 19.6 Å². The van der Waals surface area contributed by atoms with Gasteiger partial charge >= 0.3 is 16.4 Å². The third-order valence-corrected chi connectivity index (χ3v) is 11.1. The second kappa shape index (κ2) is 20.3. The van der Waals surface area contributed by atoms with Crippen LogP contribution < -0.4 is 5.19 Å². The molecule has 320 valence electrons. The normalized spacial score (nSPS) is 11.9. The van der Waals surface area contributed by atoms with Gasteiger partial charge in [0.2, 0.25) is 0 Å². The molecular formula is C48H41F11SSi. The number of rotatable bonds is 2. The van der Waals surface area contributed by atoms with Crippen molar-refractivity contribution in [1.82, 2.24) is 0 Å². The molecule has 0 spiro atoms. The van der Waals surface area contributed by atoms with Crippen molar-refractivity contribution >= 4 is 23.5 Å². The molecule has 0 radical (unpaired) electrons. The SMILES string of the molecule is C#Cc1c(F)cc(F)cc1F.C#Cc1ccc(C(C)(C)C)cc1.C#Cc1ccc(C(F)(F)F)cc1.C#Cc1ccc(S(F)(F)(F)(F)F)cc1.C#Cc1ccc([Si](C)(C)C)cc1. The fraction of sp³-hybridized carbons (Fsp3) is 0.167. The molecule has 0 N–H and O–H groups in total. The molecule has 5 aromatic carbocycles. The van der Waals surface area contributed by atoms with E-state index in [9.17, 15) is 45.8 Å². The Hall–Kier alpha value is -6.30. The minimum atomic E-state index is -9.53. The smallest absolute Gasteiger partial charge is 0.207 e. The molecule has 0 bridgehead atoms. The average molecular weight is 887 g/mol. The summed E-state index contributed by atoms with van der Waals surface area (Å²) in [7, 11) is -10.7. The fourth-order valence-corrected chi connectivity index (χ4v) is 6.19. The van der Waals surface area contributed by atoms with Gasteiger partial charge in [0, 0.05) is 34.4 Å². The highest BCUT2D eigenvalue weighted by molar-refractivity contribution is 8.45. The van der Waals surface area contributed by atoms with E-state index in [0.29, 0.717) is 17.7 Å². The van der Waals surface area contributed by atoms with Crippen LogP contribution in [0.15, 0.2) is 114 Å². The second-order valence-electron chi connectivity index (χ2n) is 14.7. The van der Waals surface area contributed by atoms with Crippen molar-refractivity contribution in [2.75, 3.05) is 0 Å². The van der Waals surface area contributed by atoms with Crippen LogP contribution in [0.3, 0.4) is 0 Å². The van der Waals surface area contributed by atoms with Gasteiger partial charge in [0.25, 0.3) is 0 Å². The summed E-state index contributed by atoms with van der Waals surface area (Å²) < 4.78 is 134. The van der Waals surface area contributed by atoms with Crippen molar-refractivity contribution in [3.63, 3.8) is 0 Å². The van der Waals surface area contributed by atoms with Crippen molar-refractivity contribution in [3.8, 4) is 61.7 Å². The van der Waals surface area contributed by atoms with Crippen LogP contribution in [-0.4, -0.2) is 8.07 Å². The number of hydrogen-bond acceptors (Lipinski definition) is 0. The maximum absolute atomic E-state index is 12.5. The third-order valence-electron chi connectivity index (χ3n) is 7.83. The zero-order chi connectivity index (χ0) is 47.1. The van der Waals surface area contributed by atoms with Crippen molar-refractivity contribution in [2.24, 2.45) is 0 Å². The lowest BCUT2D eigenvalue weighted by Crippen LogP contribution is -2.37. The molecule has 61 heavy (non-hydrogen) atoms. The first-order valence-corrected chi connectivity index (χ1v) is 22.9. The van der Waals surface area contributed by atoms with E-state index in [4.69, 9.17) is 32.1 Å². The molecule has 5 rings (SSSR count). The number of hydrogen-bond donors (Lipinski definition) is 0. The molecular weight excluding hydrogens is 846 g/mol. The molecule has 0 amide bonds. The molecule has 0 heterocycles. The molecule has 0 unspecified atom stereocenters. The Morgan fingerprint density at radius 2 is 0.787 bits per heavy atom. The maximum atomic E-state index is 12.5. The number of terminal acetylenes is 5. The van der Waals surface area contributed by atoms with Gasteiger partial charge in [0.15, 0.2) is 0 Å². The molecule has 0 nitrogen and oxygen atoms in total. The van der Waals surface area contributed by atoms with Crippen molar-refractivity contribution < 1.29 is 45.8 Å². The average Bonchev–Trinajstić information content (AvgIpc) is 3.17. The van der Waals surface area contributed by atoms with Crippen molar-refractivity contribution in [2.45, 2.75) is 56.9 Å². The molecule has 0 saturated carbocycles. The van der Waals surface area contributed by atoms with Crippen LogP contribution in [0, 0.1) is 79.2 Å². The van der Waals surface area contributed by atoms with Gasteiger partial charge in [-0.3, -0.25) is 0 Å². The minimum absolute atomic E-state index is 0.121. The molecule has 0 fully saturated rings. The molecule has 5 aromatic rings. The van der Waals surface area contributed by atoms with Crippen molar-refractivity contribution in [3.05, 3.63) is 166 Å². The highest BCUT2D eigenvalue weighted by atomic mass is 32.5. The highest BCUT2D eigenvalue weighted by Gasteiger charge is 2.65. The molecule has 13 heteroatoms. The summed E-state index contributed by atoms with van der Waals surface area (Å²) in [6.07, 6.45) is 20.8. The Balaban J connectivity index is 0.000000382. The Bertz CT molecular complexity index is 2250. The van der Waals surface area contributed by atoms with Gasteiger partial charge in [0.05, 0.1) is 19.2 Å². The van der Waals surface area contributed by atoms with Gasteiger partial charge in [-0.2, -0.15) is 13.2 Å². The molecule has 0 aromatic heterocycles. The summed E-state index contributed by atoms with van der Waals surface area (Å²) >= 11 is 0. The van der Waals surface area contributed by atoms with Gasteiger partial charge in [-0.25, -0.2) is 13.2 Å². The van der Waals surface area contributed by atoms with E-state index < -0.39 is 57.9 Å². The molecule has 0 aliphatic carbocycles. The number of halogens is 11. The third kappa shape index (κ3) is 18.7. The molecule has 0 aliphatic heterocycles. The first-order valence-electron chi connectivity index (χ1n) is 17.5. The van der Waals surface area contributed by atoms with Crippen LogP contribution in [0.5, 0.6) is 0 Å². The Kier molecular flexibility index (Phi) is 17.5. The predicted octanol–water partition coefficient (Wildman–Crippen LogP) is 14.3. The lowest BCUT2D eigenvalue weighted by Gasteiger charge is -2.40. The Morgan fingerprint density at radius 3 is 1.05 bits per heavy atom. The number of alkyl halides is 3. The summed E-state index contributed by atoms with van der Waals surface area (Å²) in [4.78, 5) is -1.93.